The summed E-state index contributed by atoms with van der Waals surface area (Å²) in [6.45, 7) is -0.423. The molecule has 0 aromatic rings. The van der Waals surface area contributed by atoms with Crippen molar-refractivity contribution in [2.75, 3.05) is 18.9 Å². The fourth-order valence-corrected chi connectivity index (χ4v) is 2.94. The monoisotopic (exact) mass is 420 g/mol. The van der Waals surface area contributed by atoms with Gasteiger partial charge in [-0.3, -0.25) is 19.2 Å². The summed E-state index contributed by atoms with van der Waals surface area (Å²) in [5.41, 5.74) is 5.39. The van der Waals surface area contributed by atoms with Crippen LogP contribution in [0.15, 0.2) is 0 Å². The minimum Gasteiger partial charge on any atom is -0.481 e. The second-order valence-corrected chi connectivity index (χ2v) is 6.58. The lowest BCUT2D eigenvalue weighted by Crippen LogP contribution is -2.57. The minimum absolute atomic E-state index is 0.0929. The Bertz CT molecular complexity index is 631. The second kappa shape index (κ2) is 10.8. The Hall–Kier alpha value is -2.38. The quantitative estimate of drug-likeness (QED) is 0.177. The molecule has 0 saturated carbocycles. The second-order valence-electron chi connectivity index (χ2n) is 6.22. The van der Waals surface area contributed by atoms with Gasteiger partial charge >= 0.3 is 11.9 Å². The highest BCUT2D eigenvalue weighted by Gasteiger charge is 2.39. The third kappa shape index (κ3) is 6.35. The van der Waals surface area contributed by atoms with E-state index in [4.69, 9.17) is 21.1 Å². The van der Waals surface area contributed by atoms with E-state index in [0.717, 1.165) is 0 Å². The van der Waals surface area contributed by atoms with Crippen LogP contribution in [0.2, 0.25) is 0 Å². The summed E-state index contributed by atoms with van der Waals surface area (Å²) in [6.07, 6.45) is -0.0969. The summed E-state index contributed by atoms with van der Waals surface area (Å²) in [6, 6.07) is -4.96. The maximum atomic E-state index is 12.7. The summed E-state index contributed by atoms with van der Waals surface area (Å²) in [5.74, 6) is -5.17. The van der Waals surface area contributed by atoms with Crippen LogP contribution in [0.5, 0.6) is 0 Å². The molecule has 1 aliphatic rings. The van der Waals surface area contributed by atoms with Gasteiger partial charge < -0.3 is 36.6 Å². The molecule has 12 nitrogen and oxygen atoms in total. The van der Waals surface area contributed by atoms with Gasteiger partial charge in [-0.15, -0.1) is 0 Å². The molecular weight excluding hydrogens is 396 g/mol. The molecule has 1 saturated heterocycles. The first-order valence-electron chi connectivity index (χ1n) is 8.45. The average Bonchev–Trinajstić information content (AvgIpc) is 3.13. The third-order valence-electron chi connectivity index (χ3n) is 4.16. The number of carbonyl (C=O) groups is 5. The van der Waals surface area contributed by atoms with Crippen LogP contribution < -0.4 is 16.4 Å². The van der Waals surface area contributed by atoms with Gasteiger partial charge in [-0.2, -0.15) is 12.6 Å². The zero-order valence-electron chi connectivity index (χ0n) is 14.9. The molecule has 1 fully saturated rings. The lowest BCUT2D eigenvalue weighted by molar-refractivity contribution is -0.148. The Labute approximate surface area is 165 Å². The lowest BCUT2D eigenvalue weighted by Gasteiger charge is -2.29. The van der Waals surface area contributed by atoms with Crippen molar-refractivity contribution in [2.24, 2.45) is 5.73 Å². The Morgan fingerprint density at radius 3 is 2.29 bits per heavy atom. The van der Waals surface area contributed by atoms with Crippen LogP contribution in [-0.4, -0.2) is 93.0 Å². The highest BCUT2D eigenvalue weighted by atomic mass is 32.1. The van der Waals surface area contributed by atoms with Gasteiger partial charge in [0.1, 0.15) is 24.2 Å². The number of nitrogens with two attached hydrogens (primary N) is 1. The maximum absolute atomic E-state index is 12.7. The van der Waals surface area contributed by atoms with Crippen molar-refractivity contribution in [3.63, 3.8) is 0 Å². The highest BCUT2D eigenvalue weighted by Crippen LogP contribution is 2.19. The number of likely N-dealkylation sites (tertiary alicyclic amines) is 1. The number of hydrogen-bond acceptors (Lipinski definition) is 8. The first-order chi connectivity index (χ1) is 13.1. The number of amides is 3. The number of rotatable bonds is 10. The molecule has 0 bridgehead atoms. The van der Waals surface area contributed by atoms with Crippen LogP contribution in [-0.2, 0) is 24.0 Å². The number of thiol groups is 1. The summed E-state index contributed by atoms with van der Waals surface area (Å²) in [7, 11) is 0. The van der Waals surface area contributed by atoms with Gasteiger partial charge in [-0.05, 0) is 12.8 Å². The van der Waals surface area contributed by atoms with Crippen molar-refractivity contribution >= 4 is 42.3 Å². The van der Waals surface area contributed by atoms with Gasteiger partial charge in [0, 0.05) is 12.3 Å². The number of nitrogens with one attached hydrogen (secondary N) is 2. The molecule has 0 aliphatic carbocycles. The van der Waals surface area contributed by atoms with Gasteiger partial charge in [0.15, 0.2) is 0 Å². The Morgan fingerprint density at radius 2 is 1.79 bits per heavy atom. The maximum Gasteiger partial charge on any atom is 0.326 e. The van der Waals surface area contributed by atoms with E-state index in [0.29, 0.717) is 6.42 Å². The van der Waals surface area contributed by atoms with E-state index >= 15 is 0 Å². The number of aliphatic hydroxyl groups is 1. The fourth-order valence-electron chi connectivity index (χ4n) is 2.69. The van der Waals surface area contributed by atoms with Crippen molar-refractivity contribution in [2.45, 2.75) is 43.4 Å². The molecule has 7 N–H and O–H groups in total. The van der Waals surface area contributed by atoms with Gasteiger partial charge in [0.25, 0.3) is 0 Å². The van der Waals surface area contributed by atoms with Crippen LogP contribution >= 0.6 is 12.6 Å². The van der Waals surface area contributed by atoms with Gasteiger partial charge in [-0.25, -0.2) is 4.79 Å². The van der Waals surface area contributed by atoms with Crippen LogP contribution in [0, 0.1) is 0 Å². The number of carboxylic acid groups (broad SMARTS) is 2. The molecule has 4 atom stereocenters. The molecule has 1 aliphatic heterocycles. The minimum atomic E-state index is -1.63. The molecule has 158 valence electrons. The first-order valence-corrected chi connectivity index (χ1v) is 9.08. The zero-order valence-corrected chi connectivity index (χ0v) is 15.8. The van der Waals surface area contributed by atoms with Crippen LogP contribution in [0.4, 0.5) is 0 Å². The van der Waals surface area contributed by atoms with Crippen molar-refractivity contribution in [3.8, 4) is 0 Å². The highest BCUT2D eigenvalue weighted by molar-refractivity contribution is 7.80. The molecule has 0 aromatic carbocycles. The molecule has 0 aromatic heterocycles. The Kier molecular flexibility index (Phi) is 9.15. The topological polar surface area (TPSA) is 199 Å². The van der Waals surface area contributed by atoms with E-state index in [1.54, 1.807) is 0 Å². The van der Waals surface area contributed by atoms with E-state index in [1.807, 2.05) is 0 Å². The molecule has 3 amide bonds. The Morgan fingerprint density at radius 1 is 1.14 bits per heavy atom. The smallest absolute Gasteiger partial charge is 0.326 e. The Balaban J connectivity index is 2.84. The van der Waals surface area contributed by atoms with Crippen LogP contribution in [0.25, 0.3) is 0 Å². The third-order valence-corrected chi connectivity index (χ3v) is 4.53. The number of carboxylic acids is 2. The molecule has 0 radical (unpaired) electrons. The SMILES string of the molecule is N[C@@H](CO)C(=O)N[C@@H](CS)C(=O)N1CCC[C@H]1C(=O)N[C@@H](CC(=O)O)C(=O)O. The molecule has 1 rings (SSSR count). The molecule has 0 spiro atoms. The lowest BCUT2D eigenvalue weighted by atomic mass is 10.1. The van der Waals surface area contributed by atoms with Crippen molar-refractivity contribution in [1.29, 1.82) is 0 Å². The molecule has 0 unspecified atom stereocenters. The summed E-state index contributed by atoms with van der Waals surface area (Å²) >= 11 is 4.01. The number of nitrogens with zero attached hydrogens (tertiary/aromatic N) is 1. The predicted molar refractivity (Wildman–Crippen MR) is 97.4 cm³/mol. The number of aliphatic hydroxyl groups excluding tert-OH is 1. The van der Waals surface area contributed by atoms with E-state index in [9.17, 15) is 24.0 Å². The first kappa shape index (κ1) is 23.7. The van der Waals surface area contributed by atoms with Gasteiger partial charge in [0.05, 0.1) is 13.0 Å². The number of hydrogen-bond donors (Lipinski definition) is 7. The average molecular weight is 420 g/mol. The number of carbonyl (C=O) groups excluding carboxylic acids is 3. The van der Waals surface area contributed by atoms with Gasteiger partial charge in [-0.1, -0.05) is 0 Å². The fraction of sp³-hybridized carbons (Fsp3) is 0.667. The molecule has 1 heterocycles. The number of aliphatic carboxylic acids is 2. The van der Waals surface area contributed by atoms with Crippen LogP contribution in [0.3, 0.4) is 0 Å². The van der Waals surface area contributed by atoms with E-state index < -0.39 is 66.9 Å². The summed E-state index contributed by atoms with van der Waals surface area (Å²) in [5, 5.41) is 31.2. The molecular formula is C15H24N4O8S. The summed E-state index contributed by atoms with van der Waals surface area (Å²) < 4.78 is 0. The van der Waals surface area contributed by atoms with Gasteiger partial charge in [0.2, 0.25) is 17.7 Å². The summed E-state index contributed by atoms with van der Waals surface area (Å²) in [4.78, 5) is 60.0. The zero-order chi connectivity index (χ0) is 21.4. The van der Waals surface area contributed by atoms with E-state index in [2.05, 4.69) is 23.3 Å². The van der Waals surface area contributed by atoms with E-state index in [-0.39, 0.29) is 18.7 Å². The normalized spacial score (nSPS) is 19.4. The standard InChI is InChI=1S/C15H24N4O8S/c16-7(5-20)12(23)18-9(6-28)14(25)19-3-1-2-10(19)13(24)17-8(15(26)27)4-11(21)22/h7-10,20,28H,1-6,16H2,(H,17,24)(H,18,23)(H,21,22)(H,26,27)/t7-,8-,9-,10-/m0/s1. The predicted octanol–water partition coefficient (Wildman–Crippen LogP) is -3.24. The molecule has 13 heteroatoms. The van der Waals surface area contributed by atoms with Crippen molar-refractivity contribution in [3.05, 3.63) is 0 Å². The van der Waals surface area contributed by atoms with Crippen molar-refractivity contribution in [1.82, 2.24) is 15.5 Å². The molecule has 28 heavy (non-hydrogen) atoms. The van der Waals surface area contributed by atoms with Crippen molar-refractivity contribution < 1.29 is 39.3 Å². The largest absolute Gasteiger partial charge is 0.481 e. The van der Waals surface area contributed by atoms with Crippen LogP contribution in [0.1, 0.15) is 19.3 Å². The van der Waals surface area contributed by atoms with E-state index in [1.165, 1.54) is 4.90 Å².